The molecule has 0 fully saturated rings. The van der Waals surface area contributed by atoms with E-state index < -0.39 is 21.2 Å². The first kappa shape index (κ1) is 16.2. The van der Waals surface area contributed by atoms with Crippen LogP contribution in [-0.2, 0) is 14.8 Å². The van der Waals surface area contributed by atoms with Gasteiger partial charge < -0.3 is 9.88 Å². The maximum Gasteiger partial charge on any atom is 0.243 e. The Kier molecular flexibility index (Phi) is 4.34. The standard InChI is InChI=1S/C14H18N4O3S/c1-9-10(2)18(8-16-9)13-6-4-12(5-7-13)17-14(19)11(3)22(15,20)21/h4-8,11H,1-3H3,(H,17,19)(H2,15,20,21). The number of hydrogen-bond donors (Lipinski definition) is 2. The highest BCUT2D eigenvalue weighted by Crippen LogP contribution is 2.17. The molecule has 3 N–H and O–H groups in total. The van der Waals surface area contributed by atoms with Crippen LogP contribution in [0.3, 0.4) is 0 Å². The van der Waals surface area contributed by atoms with Crippen molar-refractivity contribution in [3.05, 3.63) is 42.0 Å². The van der Waals surface area contributed by atoms with Crippen molar-refractivity contribution >= 4 is 21.6 Å². The summed E-state index contributed by atoms with van der Waals surface area (Å²) in [5.74, 6) is -0.662. The van der Waals surface area contributed by atoms with Crippen molar-refractivity contribution in [2.75, 3.05) is 5.32 Å². The molecule has 0 aliphatic carbocycles. The van der Waals surface area contributed by atoms with Crippen molar-refractivity contribution in [1.82, 2.24) is 9.55 Å². The number of carbonyl (C=O) groups excluding carboxylic acids is 1. The van der Waals surface area contributed by atoms with E-state index in [0.29, 0.717) is 5.69 Å². The zero-order valence-corrected chi connectivity index (χ0v) is 13.4. The topological polar surface area (TPSA) is 107 Å². The number of anilines is 1. The van der Waals surface area contributed by atoms with Crippen LogP contribution in [-0.4, -0.2) is 29.1 Å². The van der Waals surface area contributed by atoms with Gasteiger partial charge in [0.05, 0.1) is 12.0 Å². The molecule has 2 rings (SSSR count). The van der Waals surface area contributed by atoms with E-state index >= 15 is 0 Å². The van der Waals surface area contributed by atoms with Crippen LogP contribution in [0.15, 0.2) is 30.6 Å². The average Bonchev–Trinajstić information content (AvgIpc) is 2.78. The van der Waals surface area contributed by atoms with Crippen molar-refractivity contribution in [2.24, 2.45) is 5.14 Å². The van der Waals surface area contributed by atoms with Crippen molar-refractivity contribution in [3.63, 3.8) is 0 Å². The number of benzene rings is 1. The first-order valence-electron chi connectivity index (χ1n) is 6.63. The van der Waals surface area contributed by atoms with Crippen LogP contribution in [0.1, 0.15) is 18.3 Å². The van der Waals surface area contributed by atoms with Crippen molar-refractivity contribution < 1.29 is 13.2 Å². The van der Waals surface area contributed by atoms with E-state index in [1.807, 2.05) is 30.5 Å². The summed E-state index contributed by atoms with van der Waals surface area (Å²) in [4.78, 5) is 16.0. The summed E-state index contributed by atoms with van der Waals surface area (Å²) in [5.41, 5.74) is 3.37. The fourth-order valence-corrected chi connectivity index (χ4v) is 2.21. The summed E-state index contributed by atoms with van der Waals surface area (Å²) in [7, 11) is -3.90. The molecule has 0 radical (unpaired) electrons. The van der Waals surface area contributed by atoms with E-state index in [9.17, 15) is 13.2 Å². The van der Waals surface area contributed by atoms with E-state index in [1.165, 1.54) is 6.92 Å². The zero-order valence-electron chi connectivity index (χ0n) is 12.6. The smallest absolute Gasteiger partial charge is 0.243 e. The molecule has 0 aliphatic heterocycles. The second-order valence-electron chi connectivity index (χ2n) is 5.05. The maximum atomic E-state index is 11.8. The Hall–Kier alpha value is -2.19. The number of imidazole rings is 1. The molecular weight excluding hydrogens is 304 g/mol. The number of carbonyl (C=O) groups is 1. The molecule has 1 amide bonds. The highest BCUT2D eigenvalue weighted by atomic mass is 32.2. The quantitative estimate of drug-likeness (QED) is 0.879. The molecule has 22 heavy (non-hydrogen) atoms. The fourth-order valence-electron chi connectivity index (χ4n) is 1.86. The third-order valence-corrected chi connectivity index (χ3v) is 4.73. The second-order valence-corrected chi connectivity index (χ2v) is 6.94. The van der Waals surface area contributed by atoms with E-state index in [2.05, 4.69) is 10.3 Å². The van der Waals surface area contributed by atoms with Gasteiger partial charge in [0.15, 0.2) is 5.25 Å². The van der Waals surface area contributed by atoms with Crippen molar-refractivity contribution in [3.8, 4) is 5.69 Å². The molecule has 1 unspecified atom stereocenters. The number of aromatic nitrogens is 2. The van der Waals surface area contributed by atoms with Gasteiger partial charge in [0.1, 0.15) is 0 Å². The Balaban J connectivity index is 2.16. The summed E-state index contributed by atoms with van der Waals surface area (Å²) in [6.45, 7) is 5.14. The molecule has 0 spiro atoms. The lowest BCUT2D eigenvalue weighted by Crippen LogP contribution is -2.36. The van der Waals surface area contributed by atoms with Crippen LogP contribution in [0.4, 0.5) is 5.69 Å². The van der Waals surface area contributed by atoms with Crippen LogP contribution < -0.4 is 10.5 Å². The van der Waals surface area contributed by atoms with Gasteiger partial charge in [0.25, 0.3) is 0 Å². The Bertz CT molecular complexity index is 794. The molecule has 118 valence electrons. The SMILES string of the molecule is Cc1ncn(-c2ccc(NC(=O)C(C)S(N)(=O)=O)cc2)c1C. The molecule has 1 heterocycles. The van der Waals surface area contributed by atoms with Crippen LogP contribution in [0.2, 0.25) is 0 Å². The predicted molar refractivity (Wildman–Crippen MR) is 84.2 cm³/mol. The summed E-state index contributed by atoms with van der Waals surface area (Å²) in [5, 5.41) is 6.18. The monoisotopic (exact) mass is 322 g/mol. The molecule has 0 bridgehead atoms. The van der Waals surface area contributed by atoms with E-state index in [1.54, 1.807) is 18.5 Å². The lowest BCUT2D eigenvalue weighted by atomic mass is 10.2. The van der Waals surface area contributed by atoms with Gasteiger partial charge in [-0.1, -0.05) is 0 Å². The number of primary sulfonamides is 1. The second kappa shape index (κ2) is 5.90. The average molecular weight is 322 g/mol. The minimum atomic E-state index is -3.90. The van der Waals surface area contributed by atoms with Crippen LogP contribution in [0.25, 0.3) is 5.69 Å². The third-order valence-electron chi connectivity index (χ3n) is 3.53. The number of nitrogens with two attached hydrogens (primary N) is 1. The highest BCUT2D eigenvalue weighted by molar-refractivity contribution is 7.90. The highest BCUT2D eigenvalue weighted by Gasteiger charge is 2.24. The van der Waals surface area contributed by atoms with Gasteiger partial charge in [-0.3, -0.25) is 4.79 Å². The molecule has 1 aromatic heterocycles. The van der Waals surface area contributed by atoms with Crippen LogP contribution >= 0.6 is 0 Å². The fraction of sp³-hybridized carbons (Fsp3) is 0.286. The number of nitrogens with one attached hydrogen (secondary N) is 1. The van der Waals surface area contributed by atoms with E-state index in [-0.39, 0.29) is 0 Å². The number of rotatable bonds is 4. The molecular formula is C14H18N4O3S. The van der Waals surface area contributed by atoms with Gasteiger partial charge in [-0.2, -0.15) is 0 Å². The number of amides is 1. The first-order chi connectivity index (χ1) is 10.2. The minimum Gasteiger partial charge on any atom is -0.325 e. The molecule has 8 heteroatoms. The van der Waals surface area contributed by atoms with Crippen LogP contribution in [0, 0.1) is 13.8 Å². The van der Waals surface area contributed by atoms with E-state index in [4.69, 9.17) is 5.14 Å². The number of hydrogen-bond acceptors (Lipinski definition) is 4. The minimum absolute atomic E-state index is 0.499. The molecule has 1 aromatic carbocycles. The molecule has 7 nitrogen and oxygen atoms in total. The van der Waals surface area contributed by atoms with Gasteiger partial charge in [-0.15, -0.1) is 0 Å². The molecule has 1 atom stereocenters. The lowest BCUT2D eigenvalue weighted by Gasteiger charge is -2.11. The van der Waals surface area contributed by atoms with Gasteiger partial charge in [-0.05, 0) is 45.0 Å². The normalized spacial score (nSPS) is 12.9. The maximum absolute atomic E-state index is 11.8. The zero-order chi connectivity index (χ0) is 16.5. The van der Waals surface area contributed by atoms with Gasteiger partial charge in [0, 0.05) is 17.1 Å². The van der Waals surface area contributed by atoms with Gasteiger partial charge in [0.2, 0.25) is 15.9 Å². The lowest BCUT2D eigenvalue weighted by molar-refractivity contribution is -0.115. The molecule has 2 aromatic rings. The van der Waals surface area contributed by atoms with E-state index in [0.717, 1.165) is 17.1 Å². The Labute approximate surface area is 129 Å². The summed E-state index contributed by atoms with van der Waals surface area (Å²) in [6, 6.07) is 7.01. The Morgan fingerprint density at radius 2 is 1.86 bits per heavy atom. The van der Waals surface area contributed by atoms with Crippen molar-refractivity contribution in [1.29, 1.82) is 0 Å². The number of sulfonamides is 1. The summed E-state index contributed by atoms with van der Waals surface area (Å²) in [6.07, 6.45) is 1.72. The van der Waals surface area contributed by atoms with Crippen molar-refractivity contribution in [2.45, 2.75) is 26.0 Å². The third kappa shape index (κ3) is 3.34. The Morgan fingerprint density at radius 3 is 2.32 bits per heavy atom. The largest absolute Gasteiger partial charge is 0.325 e. The number of aryl methyl sites for hydroxylation is 1. The molecule has 0 saturated heterocycles. The molecule has 0 aliphatic rings. The molecule has 0 saturated carbocycles. The number of nitrogens with zero attached hydrogens (tertiary/aromatic N) is 2. The predicted octanol–water partition coefficient (Wildman–Crippen LogP) is 1.10. The summed E-state index contributed by atoms with van der Waals surface area (Å²) >= 11 is 0. The summed E-state index contributed by atoms with van der Waals surface area (Å²) < 4.78 is 24.2. The van der Waals surface area contributed by atoms with Gasteiger partial charge in [-0.25, -0.2) is 18.5 Å². The first-order valence-corrected chi connectivity index (χ1v) is 8.24. The van der Waals surface area contributed by atoms with Gasteiger partial charge >= 0.3 is 0 Å². The Morgan fingerprint density at radius 1 is 1.27 bits per heavy atom. The van der Waals surface area contributed by atoms with Crippen LogP contribution in [0.5, 0.6) is 0 Å².